The smallest absolute Gasteiger partial charge is 0.256 e. The third-order valence-corrected chi connectivity index (χ3v) is 6.75. The van der Waals surface area contributed by atoms with E-state index in [1.54, 1.807) is 4.68 Å². The first kappa shape index (κ1) is 20.4. The number of likely N-dealkylation sites (tertiary alicyclic amines) is 1. The van der Waals surface area contributed by atoms with Crippen LogP contribution in [0.4, 0.5) is 0 Å². The summed E-state index contributed by atoms with van der Waals surface area (Å²) in [6, 6.07) is 10.9. The number of rotatable bonds is 5. The second-order valence-electron chi connectivity index (χ2n) is 8.49. The number of nitrogens with one attached hydrogen (secondary N) is 1. The molecule has 2 heterocycles. The summed E-state index contributed by atoms with van der Waals surface area (Å²) < 4.78 is 1.72. The zero-order valence-corrected chi connectivity index (χ0v) is 18.0. The first-order valence-corrected chi connectivity index (χ1v) is 11.3. The molecule has 0 spiro atoms. The quantitative estimate of drug-likeness (QED) is 0.737. The molecule has 1 aromatic heterocycles. The number of benzene rings is 1. The highest BCUT2D eigenvalue weighted by molar-refractivity contribution is 6.33. The summed E-state index contributed by atoms with van der Waals surface area (Å²) >= 11 is 6.56. The molecule has 1 aliphatic heterocycles. The largest absolute Gasteiger partial charge is 0.348 e. The van der Waals surface area contributed by atoms with Gasteiger partial charge < -0.3 is 5.32 Å². The molecule has 0 bridgehead atoms. The van der Waals surface area contributed by atoms with Crippen molar-refractivity contribution in [1.29, 1.82) is 0 Å². The maximum absolute atomic E-state index is 13.0. The van der Waals surface area contributed by atoms with E-state index < -0.39 is 0 Å². The lowest BCUT2D eigenvalue weighted by Crippen LogP contribution is -2.40. The summed E-state index contributed by atoms with van der Waals surface area (Å²) in [6.07, 6.45) is 9.04. The Balaban J connectivity index is 1.38. The zero-order valence-electron chi connectivity index (χ0n) is 17.2. The molecule has 1 amide bonds. The zero-order chi connectivity index (χ0) is 20.2. The Morgan fingerprint density at radius 2 is 1.86 bits per heavy atom. The average molecular weight is 415 g/mol. The normalized spacial score (nSPS) is 21.2. The summed E-state index contributed by atoms with van der Waals surface area (Å²) in [4.78, 5) is 15.6. The SMILES string of the molecule is Cc1nn(Cc2ccccc2)c(Cl)c1C(=O)NC1CCN(C2CCCCCC2)C1. The van der Waals surface area contributed by atoms with E-state index in [0.717, 1.165) is 25.1 Å². The van der Waals surface area contributed by atoms with Crippen LogP contribution < -0.4 is 5.32 Å². The van der Waals surface area contributed by atoms with Crippen LogP contribution in [0.2, 0.25) is 5.15 Å². The second kappa shape index (κ2) is 9.31. The molecule has 5 nitrogen and oxygen atoms in total. The third kappa shape index (κ3) is 4.84. The first-order chi connectivity index (χ1) is 14.1. The average Bonchev–Trinajstić information content (AvgIpc) is 3.15. The minimum absolute atomic E-state index is 0.0977. The molecule has 1 saturated carbocycles. The first-order valence-electron chi connectivity index (χ1n) is 10.9. The second-order valence-corrected chi connectivity index (χ2v) is 8.85. The Bertz CT molecular complexity index is 827. The number of aryl methyl sites for hydroxylation is 1. The van der Waals surface area contributed by atoms with Gasteiger partial charge in [0.05, 0.1) is 17.8 Å². The van der Waals surface area contributed by atoms with Gasteiger partial charge in [0.25, 0.3) is 5.91 Å². The van der Waals surface area contributed by atoms with E-state index in [9.17, 15) is 4.79 Å². The highest BCUT2D eigenvalue weighted by Gasteiger charge is 2.31. The van der Waals surface area contributed by atoms with Gasteiger partial charge in [-0.1, -0.05) is 67.6 Å². The number of carbonyl (C=O) groups is 1. The number of amides is 1. The van der Waals surface area contributed by atoms with Crippen molar-refractivity contribution in [3.63, 3.8) is 0 Å². The van der Waals surface area contributed by atoms with Crippen LogP contribution in [0.1, 0.15) is 66.6 Å². The van der Waals surface area contributed by atoms with Crippen LogP contribution in [-0.4, -0.2) is 45.8 Å². The highest BCUT2D eigenvalue weighted by Crippen LogP contribution is 2.26. The number of hydrogen-bond donors (Lipinski definition) is 1. The monoisotopic (exact) mass is 414 g/mol. The maximum atomic E-state index is 13.0. The Morgan fingerprint density at radius 3 is 2.59 bits per heavy atom. The van der Waals surface area contributed by atoms with Crippen LogP contribution >= 0.6 is 11.6 Å². The lowest BCUT2D eigenvalue weighted by molar-refractivity contribution is 0.0935. The van der Waals surface area contributed by atoms with Gasteiger partial charge in [0, 0.05) is 25.2 Å². The molecule has 2 fully saturated rings. The van der Waals surface area contributed by atoms with Crippen LogP contribution in [0.25, 0.3) is 0 Å². The van der Waals surface area contributed by atoms with Gasteiger partial charge in [-0.3, -0.25) is 9.69 Å². The van der Waals surface area contributed by atoms with Gasteiger partial charge in [-0.2, -0.15) is 5.10 Å². The van der Waals surface area contributed by atoms with Gasteiger partial charge in [0.1, 0.15) is 5.15 Å². The molecule has 1 aliphatic carbocycles. The molecular weight excluding hydrogens is 384 g/mol. The summed E-state index contributed by atoms with van der Waals surface area (Å²) in [5.41, 5.74) is 2.30. The fourth-order valence-electron chi connectivity index (χ4n) is 4.79. The minimum Gasteiger partial charge on any atom is -0.348 e. The molecule has 4 rings (SSSR count). The molecule has 1 saturated heterocycles. The minimum atomic E-state index is -0.0977. The van der Waals surface area contributed by atoms with Crippen LogP contribution in [0.15, 0.2) is 30.3 Å². The van der Waals surface area contributed by atoms with E-state index in [-0.39, 0.29) is 11.9 Å². The predicted molar refractivity (Wildman–Crippen MR) is 116 cm³/mol. The topological polar surface area (TPSA) is 50.2 Å². The van der Waals surface area contributed by atoms with Crippen molar-refractivity contribution in [3.05, 3.63) is 52.3 Å². The molecule has 2 aliphatic rings. The molecule has 29 heavy (non-hydrogen) atoms. The molecule has 1 atom stereocenters. The molecule has 0 radical (unpaired) electrons. The fraction of sp³-hybridized carbons (Fsp3) is 0.565. The molecule has 1 unspecified atom stereocenters. The molecule has 156 valence electrons. The Kier molecular flexibility index (Phi) is 6.56. The van der Waals surface area contributed by atoms with Gasteiger partial charge in [0.15, 0.2) is 0 Å². The van der Waals surface area contributed by atoms with E-state index in [1.165, 1.54) is 38.5 Å². The van der Waals surface area contributed by atoms with E-state index in [4.69, 9.17) is 11.6 Å². The van der Waals surface area contributed by atoms with Crippen LogP contribution in [0, 0.1) is 6.92 Å². The number of aromatic nitrogens is 2. The third-order valence-electron chi connectivity index (χ3n) is 6.36. The van der Waals surface area contributed by atoms with Crippen molar-refractivity contribution in [2.45, 2.75) is 70.5 Å². The molecule has 1 N–H and O–H groups in total. The number of nitrogens with zero attached hydrogens (tertiary/aromatic N) is 3. The molecular formula is C23H31ClN4O. The Hall–Kier alpha value is -1.85. The van der Waals surface area contributed by atoms with Gasteiger partial charge >= 0.3 is 0 Å². The number of carbonyl (C=O) groups excluding carboxylic acids is 1. The Labute approximate surface area is 178 Å². The van der Waals surface area contributed by atoms with E-state index in [0.29, 0.717) is 29.0 Å². The molecule has 1 aromatic carbocycles. The summed E-state index contributed by atoms with van der Waals surface area (Å²) in [5.74, 6) is -0.0977. The Morgan fingerprint density at radius 1 is 1.14 bits per heavy atom. The van der Waals surface area contributed by atoms with Crippen molar-refractivity contribution in [2.75, 3.05) is 13.1 Å². The summed E-state index contributed by atoms with van der Waals surface area (Å²) in [7, 11) is 0. The van der Waals surface area contributed by atoms with Crippen molar-refractivity contribution >= 4 is 17.5 Å². The highest BCUT2D eigenvalue weighted by atomic mass is 35.5. The van der Waals surface area contributed by atoms with Crippen LogP contribution in [0.5, 0.6) is 0 Å². The fourth-order valence-corrected chi connectivity index (χ4v) is 5.11. The van der Waals surface area contributed by atoms with Crippen molar-refractivity contribution in [2.24, 2.45) is 0 Å². The number of hydrogen-bond acceptors (Lipinski definition) is 3. The number of halogens is 1. The van der Waals surface area contributed by atoms with Gasteiger partial charge in [-0.05, 0) is 31.7 Å². The van der Waals surface area contributed by atoms with Gasteiger partial charge in [-0.25, -0.2) is 4.68 Å². The van der Waals surface area contributed by atoms with E-state index in [2.05, 4.69) is 15.3 Å². The molecule has 2 aromatic rings. The van der Waals surface area contributed by atoms with E-state index in [1.807, 2.05) is 37.3 Å². The lowest BCUT2D eigenvalue weighted by Gasteiger charge is -2.26. The summed E-state index contributed by atoms with van der Waals surface area (Å²) in [5, 5.41) is 8.15. The van der Waals surface area contributed by atoms with Crippen molar-refractivity contribution in [1.82, 2.24) is 20.0 Å². The van der Waals surface area contributed by atoms with Crippen molar-refractivity contribution in [3.8, 4) is 0 Å². The maximum Gasteiger partial charge on any atom is 0.256 e. The lowest BCUT2D eigenvalue weighted by atomic mass is 10.1. The van der Waals surface area contributed by atoms with Crippen LogP contribution in [0.3, 0.4) is 0 Å². The standard InChI is InChI=1S/C23H31ClN4O/c1-17-21(22(24)28(26-17)15-18-9-5-4-6-10-18)23(29)25-19-13-14-27(16-19)20-11-7-2-3-8-12-20/h4-6,9-10,19-20H,2-3,7-8,11-16H2,1H3,(H,25,29). The van der Waals surface area contributed by atoms with E-state index >= 15 is 0 Å². The predicted octanol–water partition coefficient (Wildman–Crippen LogP) is 4.42. The van der Waals surface area contributed by atoms with Crippen molar-refractivity contribution < 1.29 is 4.79 Å². The molecule has 6 heteroatoms. The summed E-state index contributed by atoms with van der Waals surface area (Å²) in [6.45, 7) is 4.45. The van der Waals surface area contributed by atoms with Gasteiger partial charge in [0.2, 0.25) is 0 Å². The van der Waals surface area contributed by atoms with Crippen LogP contribution in [-0.2, 0) is 6.54 Å². The van der Waals surface area contributed by atoms with Gasteiger partial charge in [-0.15, -0.1) is 0 Å².